The summed E-state index contributed by atoms with van der Waals surface area (Å²) in [5, 5.41) is 9.95. The first kappa shape index (κ1) is 29.3. The van der Waals surface area contributed by atoms with Crippen LogP contribution in [0.15, 0.2) is 158 Å². The van der Waals surface area contributed by atoms with Crippen LogP contribution >= 0.6 is 11.3 Å². The van der Waals surface area contributed by atoms with Crippen LogP contribution in [0.2, 0.25) is 0 Å². The van der Waals surface area contributed by atoms with E-state index >= 15 is 0 Å². The van der Waals surface area contributed by atoms with E-state index in [-0.39, 0.29) is 5.41 Å². The summed E-state index contributed by atoms with van der Waals surface area (Å²) in [4.78, 5) is 5.53. The quantitative estimate of drug-likeness (QED) is 0.165. The van der Waals surface area contributed by atoms with E-state index in [9.17, 15) is 0 Å². The molecule has 3 heteroatoms. The van der Waals surface area contributed by atoms with Crippen LogP contribution in [0.5, 0.6) is 0 Å². The van der Waals surface area contributed by atoms with Crippen molar-refractivity contribution in [2.24, 2.45) is 0 Å². The highest BCUT2D eigenvalue weighted by atomic mass is 32.1. The molecule has 0 atom stereocenters. The maximum Gasteiger partial charge on any atom is 0.156 e. The average molecular weight is 693 g/mol. The molecule has 8 aromatic carbocycles. The van der Waals surface area contributed by atoms with Gasteiger partial charge in [-0.1, -0.05) is 129 Å². The Hall–Kier alpha value is -6.29. The number of pyridine rings is 1. The molecule has 3 aromatic heterocycles. The molecular formula is C50H32N2S. The molecule has 1 aliphatic rings. The van der Waals surface area contributed by atoms with Crippen LogP contribution in [-0.2, 0) is 5.41 Å². The van der Waals surface area contributed by atoms with Gasteiger partial charge in [0.1, 0.15) is 0 Å². The Kier molecular flexibility index (Phi) is 5.75. The van der Waals surface area contributed by atoms with Crippen molar-refractivity contribution in [3.05, 3.63) is 169 Å². The summed E-state index contributed by atoms with van der Waals surface area (Å²) in [6, 6.07) is 58.7. The SMILES string of the molecule is CC1(C)c2ccccc2-c2cc(-c3ccc(-c4cc5c6cc7ccccc7cc6sc5c5nc6c7cc8ccccc8cc7ccc6n45)cc3)ccc21. The number of imidazole rings is 1. The van der Waals surface area contributed by atoms with E-state index < -0.39 is 0 Å². The van der Waals surface area contributed by atoms with Crippen molar-refractivity contribution < 1.29 is 0 Å². The minimum atomic E-state index is 0.00242. The van der Waals surface area contributed by atoms with Gasteiger partial charge < -0.3 is 0 Å². The second-order valence-electron chi connectivity index (χ2n) is 15.2. The van der Waals surface area contributed by atoms with Crippen LogP contribution < -0.4 is 0 Å². The maximum absolute atomic E-state index is 5.53. The van der Waals surface area contributed by atoms with Crippen molar-refractivity contribution >= 4 is 80.5 Å². The Morgan fingerprint density at radius 3 is 1.92 bits per heavy atom. The van der Waals surface area contributed by atoms with Gasteiger partial charge in [-0.3, -0.25) is 4.40 Å². The van der Waals surface area contributed by atoms with Crippen molar-refractivity contribution in [2.45, 2.75) is 19.3 Å². The summed E-state index contributed by atoms with van der Waals surface area (Å²) in [7, 11) is 0. The van der Waals surface area contributed by atoms with Crippen LogP contribution in [0.25, 0.3) is 103 Å². The minimum Gasteiger partial charge on any atom is -0.291 e. The smallest absolute Gasteiger partial charge is 0.156 e. The highest BCUT2D eigenvalue weighted by molar-refractivity contribution is 7.26. The van der Waals surface area contributed by atoms with Crippen LogP contribution in [0.1, 0.15) is 25.0 Å². The molecule has 0 unspecified atom stereocenters. The fourth-order valence-electron chi connectivity index (χ4n) is 9.21. The van der Waals surface area contributed by atoms with Gasteiger partial charge in [-0.25, -0.2) is 4.98 Å². The number of nitrogens with zero attached hydrogens (tertiary/aromatic N) is 2. The Balaban J connectivity index is 1.10. The van der Waals surface area contributed by atoms with E-state index in [1.807, 2.05) is 11.3 Å². The summed E-state index contributed by atoms with van der Waals surface area (Å²) in [6.07, 6.45) is 0. The molecule has 0 N–H and O–H groups in total. The van der Waals surface area contributed by atoms with Gasteiger partial charge in [0.25, 0.3) is 0 Å². The molecule has 248 valence electrons. The minimum absolute atomic E-state index is 0.00242. The first-order valence-corrected chi connectivity index (χ1v) is 19.2. The van der Waals surface area contributed by atoms with Gasteiger partial charge >= 0.3 is 0 Å². The van der Waals surface area contributed by atoms with Crippen LogP contribution in [0.4, 0.5) is 0 Å². The van der Waals surface area contributed by atoms with Crippen LogP contribution in [-0.4, -0.2) is 9.38 Å². The molecule has 0 bridgehead atoms. The van der Waals surface area contributed by atoms with Crippen molar-refractivity contribution in [1.29, 1.82) is 0 Å². The topological polar surface area (TPSA) is 17.3 Å². The second kappa shape index (κ2) is 10.4. The van der Waals surface area contributed by atoms with Gasteiger partial charge in [-0.2, -0.15) is 0 Å². The number of benzene rings is 8. The first-order valence-electron chi connectivity index (χ1n) is 18.4. The van der Waals surface area contributed by atoms with E-state index in [0.717, 1.165) is 22.4 Å². The summed E-state index contributed by atoms with van der Waals surface area (Å²) in [5.74, 6) is 0. The van der Waals surface area contributed by atoms with Crippen molar-refractivity contribution in [3.8, 4) is 33.5 Å². The van der Waals surface area contributed by atoms with E-state index in [4.69, 9.17) is 4.98 Å². The van der Waals surface area contributed by atoms with E-state index in [2.05, 4.69) is 176 Å². The highest BCUT2D eigenvalue weighted by Gasteiger charge is 2.35. The number of thiophene rings is 1. The summed E-state index contributed by atoms with van der Waals surface area (Å²) < 4.78 is 4.92. The summed E-state index contributed by atoms with van der Waals surface area (Å²) in [5.41, 5.74) is 13.5. The van der Waals surface area contributed by atoms with E-state index in [1.54, 1.807) is 0 Å². The lowest BCUT2D eigenvalue weighted by Gasteiger charge is -2.21. The van der Waals surface area contributed by atoms with Gasteiger partial charge in [0.15, 0.2) is 5.65 Å². The molecule has 0 aliphatic heterocycles. The fraction of sp³-hybridized carbons (Fsp3) is 0.0600. The molecule has 0 saturated carbocycles. The van der Waals surface area contributed by atoms with Gasteiger partial charge in [-0.15, -0.1) is 11.3 Å². The summed E-state index contributed by atoms with van der Waals surface area (Å²) >= 11 is 1.85. The van der Waals surface area contributed by atoms with Crippen LogP contribution in [0, 0.1) is 0 Å². The van der Waals surface area contributed by atoms with Gasteiger partial charge in [-0.05, 0) is 108 Å². The molecule has 1 aliphatic carbocycles. The largest absolute Gasteiger partial charge is 0.291 e. The maximum atomic E-state index is 5.53. The molecule has 2 nitrogen and oxygen atoms in total. The van der Waals surface area contributed by atoms with Gasteiger partial charge in [0, 0.05) is 26.3 Å². The van der Waals surface area contributed by atoms with Gasteiger partial charge in [0.05, 0.1) is 21.4 Å². The molecule has 3 heterocycles. The molecule has 53 heavy (non-hydrogen) atoms. The highest BCUT2D eigenvalue weighted by Crippen LogP contribution is 2.50. The normalized spacial score (nSPS) is 13.6. The number of hydrogen-bond donors (Lipinski definition) is 0. The average Bonchev–Trinajstić information content (AvgIpc) is 3.84. The first-order chi connectivity index (χ1) is 26.0. The van der Waals surface area contributed by atoms with Crippen molar-refractivity contribution in [3.63, 3.8) is 0 Å². The van der Waals surface area contributed by atoms with Crippen molar-refractivity contribution in [2.75, 3.05) is 0 Å². The lowest BCUT2D eigenvalue weighted by atomic mass is 9.82. The number of hydrogen-bond acceptors (Lipinski definition) is 2. The Morgan fingerprint density at radius 1 is 0.491 bits per heavy atom. The Labute approximate surface area is 310 Å². The second-order valence-corrected chi connectivity index (χ2v) is 16.3. The van der Waals surface area contributed by atoms with E-state index in [0.29, 0.717) is 0 Å². The molecule has 0 spiro atoms. The molecule has 0 amide bonds. The number of fused-ring (bicyclic) bond motifs is 14. The molecule has 12 rings (SSSR count). The molecule has 11 aromatic rings. The third-order valence-corrected chi connectivity index (χ3v) is 13.1. The lowest BCUT2D eigenvalue weighted by molar-refractivity contribution is 0.660. The molecule has 0 radical (unpaired) electrons. The van der Waals surface area contributed by atoms with Crippen molar-refractivity contribution in [1.82, 2.24) is 9.38 Å². The third-order valence-electron chi connectivity index (χ3n) is 11.9. The predicted molar refractivity (Wildman–Crippen MR) is 227 cm³/mol. The molecule has 0 saturated heterocycles. The van der Waals surface area contributed by atoms with Crippen LogP contribution in [0.3, 0.4) is 0 Å². The summed E-state index contributed by atoms with van der Waals surface area (Å²) in [6.45, 7) is 4.68. The number of rotatable bonds is 2. The fourth-order valence-corrected chi connectivity index (χ4v) is 10.4. The standard InChI is InChI=1S/C50H32N2S/c1-50(2)42-14-8-7-13-37(42)39-25-35(19-21-43(39)50)29-15-17-30(18-16-29)45-28-41-40-26-33-11-5-6-12-34(33)27-46(40)53-48(41)49-51-47-38-24-32-10-4-3-9-31(32)23-36(38)20-22-44(47)52(45)49/h3-28H,1-2H3. The predicted octanol–water partition coefficient (Wildman–Crippen LogP) is 14.0. The van der Waals surface area contributed by atoms with E-state index in [1.165, 1.54) is 91.4 Å². The monoisotopic (exact) mass is 692 g/mol. The number of aromatic nitrogens is 2. The molecular weight excluding hydrogens is 661 g/mol. The Morgan fingerprint density at radius 2 is 1.13 bits per heavy atom. The lowest BCUT2D eigenvalue weighted by Crippen LogP contribution is -2.14. The third kappa shape index (κ3) is 4.06. The zero-order valence-corrected chi connectivity index (χ0v) is 30.1. The zero-order chi connectivity index (χ0) is 35.0. The Bertz CT molecular complexity index is 3360. The molecule has 0 fully saturated rings. The van der Waals surface area contributed by atoms with Gasteiger partial charge in [0.2, 0.25) is 0 Å². The zero-order valence-electron chi connectivity index (χ0n) is 29.3.